The zero-order valence-corrected chi connectivity index (χ0v) is 20.7. The molecule has 1 amide bonds. The molecule has 0 saturated carbocycles. The number of nitrogens with zero attached hydrogens (tertiary/aromatic N) is 3. The third-order valence-electron chi connectivity index (χ3n) is 7.19. The van der Waals surface area contributed by atoms with E-state index < -0.39 is 5.60 Å². The Labute approximate surface area is 211 Å². The topological polar surface area (TPSA) is 58.4 Å². The Morgan fingerprint density at radius 2 is 1.80 bits per heavy atom. The molecule has 1 fully saturated rings. The van der Waals surface area contributed by atoms with Gasteiger partial charge in [-0.25, -0.2) is 0 Å². The van der Waals surface area contributed by atoms with Gasteiger partial charge in [-0.05, 0) is 60.7 Å². The molecule has 1 aliphatic rings. The number of hydrogen-bond donors (Lipinski definition) is 1. The molecule has 180 valence electrons. The lowest BCUT2D eigenvalue weighted by atomic mass is 9.85. The van der Waals surface area contributed by atoms with Crippen molar-refractivity contribution < 1.29 is 9.90 Å². The lowest BCUT2D eigenvalue weighted by molar-refractivity contribution is -0.135. The third kappa shape index (κ3) is 4.97. The first-order valence-electron chi connectivity index (χ1n) is 12.2. The van der Waals surface area contributed by atoms with Crippen LogP contribution in [0, 0.1) is 0 Å². The second-order valence-corrected chi connectivity index (χ2v) is 9.97. The highest BCUT2D eigenvalue weighted by Crippen LogP contribution is 2.35. The second-order valence-electron chi connectivity index (χ2n) is 9.53. The average molecular weight is 488 g/mol. The van der Waals surface area contributed by atoms with E-state index in [4.69, 9.17) is 11.6 Å². The van der Waals surface area contributed by atoms with Crippen LogP contribution in [0.15, 0.2) is 72.9 Å². The van der Waals surface area contributed by atoms with Gasteiger partial charge in [-0.1, -0.05) is 48.0 Å². The molecule has 1 saturated heterocycles. The van der Waals surface area contributed by atoms with Crippen molar-refractivity contribution in [1.29, 1.82) is 0 Å². The summed E-state index contributed by atoms with van der Waals surface area (Å²) < 4.78 is 2.14. The largest absolute Gasteiger partial charge is 0.389 e. The molecule has 5 rings (SSSR count). The van der Waals surface area contributed by atoms with Crippen LogP contribution in [0.3, 0.4) is 0 Å². The minimum absolute atomic E-state index is 0.123. The summed E-state index contributed by atoms with van der Waals surface area (Å²) in [4.78, 5) is 19.7. The maximum Gasteiger partial charge on any atom is 0.222 e. The summed E-state index contributed by atoms with van der Waals surface area (Å²) in [6.07, 6.45) is 4.61. The monoisotopic (exact) mass is 487 g/mol. The van der Waals surface area contributed by atoms with Crippen molar-refractivity contribution in [3.05, 3.63) is 89.1 Å². The number of likely N-dealkylation sites (tertiary alicyclic amines) is 1. The predicted molar refractivity (Wildman–Crippen MR) is 140 cm³/mol. The minimum Gasteiger partial charge on any atom is -0.389 e. The molecule has 2 aromatic heterocycles. The molecule has 2 aromatic carbocycles. The molecule has 4 aromatic rings. The van der Waals surface area contributed by atoms with Crippen molar-refractivity contribution >= 4 is 28.4 Å². The van der Waals surface area contributed by atoms with Gasteiger partial charge >= 0.3 is 0 Å². The fourth-order valence-electron chi connectivity index (χ4n) is 5.29. The SMILES string of the molecule is Cn1c(-c2ccccn2)c(CCC(=O)N2CCC(O)(Cc3ccccc3)CC2)c2cc(Cl)ccc21. The number of aromatic nitrogens is 2. The van der Waals surface area contributed by atoms with Crippen LogP contribution >= 0.6 is 11.6 Å². The number of piperidine rings is 1. The Kier molecular flexibility index (Phi) is 6.63. The van der Waals surface area contributed by atoms with Crippen LogP contribution in [0.5, 0.6) is 0 Å². The van der Waals surface area contributed by atoms with Crippen LogP contribution in [0.25, 0.3) is 22.3 Å². The van der Waals surface area contributed by atoms with Crippen molar-refractivity contribution in [1.82, 2.24) is 14.5 Å². The number of amides is 1. The molecule has 0 radical (unpaired) electrons. The Bertz CT molecular complexity index is 1330. The number of rotatable bonds is 6. The summed E-state index contributed by atoms with van der Waals surface area (Å²) in [5.74, 6) is 0.123. The van der Waals surface area contributed by atoms with Gasteiger partial charge in [-0.2, -0.15) is 0 Å². The number of halogens is 1. The fourth-order valence-corrected chi connectivity index (χ4v) is 5.46. The van der Waals surface area contributed by atoms with E-state index in [2.05, 4.69) is 9.55 Å². The van der Waals surface area contributed by atoms with Gasteiger partial charge in [0.2, 0.25) is 5.91 Å². The van der Waals surface area contributed by atoms with Crippen molar-refractivity contribution in [3.63, 3.8) is 0 Å². The number of pyridine rings is 1. The first-order chi connectivity index (χ1) is 16.9. The molecule has 0 bridgehead atoms. The van der Waals surface area contributed by atoms with Gasteiger partial charge in [-0.3, -0.25) is 9.78 Å². The number of hydrogen-bond acceptors (Lipinski definition) is 3. The third-order valence-corrected chi connectivity index (χ3v) is 7.42. The Balaban J connectivity index is 1.31. The van der Waals surface area contributed by atoms with E-state index in [0.29, 0.717) is 50.2 Å². The lowest BCUT2D eigenvalue weighted by Gasteiger charge is -2.38. The summed E-state index contributed by atoms with van der Waals surface area (Å²) in [6.45, 7) is 1.16. The van der Waals surface area contributed by atoms with Gasteiger partial charge in [0.25, 0.3) is 0 Å². The molecule has 1 N–H and O–H groups in total. The van der Waals surface area contributed by atoms with Gasteiger partial charge in [-0.15, -0.1) is 0 Å². The molecule has 0 spiro atoms. The van der Waals surface area contributed by atoms with Crippen molar-refractivity contribution in [3.8, 4) is 11.4 Å². The summed E-state index contributed by atoms with van der Waals surface area (Å²) in [6, 6.07) is 21.8. The molecule has 1 aliphatic heterocycles. The number of aryl methyl sites for hydroxylation is 2. The molecule has 0 unspecified atom stereocenters. The zero-order chi connectivity index (χ0) is 24.4. The van der Waals surface area contributed by atoms with Gasteiger partial charge < -0.3 is 14.6 Å². The second kappa shape index (κ2) is 9.84. The Morgan fingerprint density at radius 1 is 1.06 bits per heavy atom. The molecule has 5 nitrogen and oxygen atoms in total. The first kappa shape index (κ1) is 23.6. The molecular formula is C29H30ClN3O2. The van der Waals surface area contributed by atoms with E-state index in [1.54, 1.807) is 6.20 Å². The smallest absolute Gasteiger partial charge is 0.222 e. The van der Waals surface area contributed by atoms with E-state index >= 15 is 0 Å². The average Bonchev–Trinajstić information content (AvgIpc) is 3.14. The summed E-state index contributed by atoms with van der Waals surface area (Å²) in [5.41, 5.74) is 4.44. The Hall–Kier alpha value is -3.15. The maximum absolute atomic E-state index is 13.2. The number of aliphatic hydroxyl groups is 1. The maximum atomic E-state index is 13.2. The lowest BCUT2D eigenvalue weighted by Crippen LogP contribution is -2.47. The van der Waals surface area contributed by atoms with Crippen LogP contribution in [0.1, 0.15) is 30.4 Å². The summed E-state index contributed by atoms with van der Waals surface area (Å²) in [7, 11) is 2.03. The number of carbonyl (C=O) groups excluding carboxylic acids is 1. The number of fused-ring (bicyclic) bond motifs is 1. The van der Waals surface area contributed by atoms with Gasteiger partial charge in [0.15, 0.2) is 0 Å². The van der Waals surface area contributed by atoms with E-state index in [9.17, 15) is 9.90 Å². The quantitative estimate of drug-likeness (QED) is 0.395. The predicted octanol–water partition coefficient (Wildman–Crippen LogP) is 5.42. The zero-order valence-electron chi connectivity index (χ0n) is 20.0. The van der Waals surface area contributed by atoms with Crippen LogP contribution in [0.4, 0.5) is 0 Å². The molecule has 3 heterocycles. The first-order valence-corrected chi connectivity index (χ1v) is 12.5. The van der Waals surface area contributed by atoms with Crippen LogP contribution < -0.4 is 0 Å². The normalized spacial score (nSPS) is 15.5. The van der Waals surface area contributed by atoms with E-state index in [0.717, 1.165) is 33.4 Å². The van der Waals surface area contributed by atoms with Crippen molar-refractivity contribution in [2.24, 2.45) is 7.05 Å². The molecule has 0 aliphatic carbocycles. The molecular weight excluding hydrogens is 458 g/mol. The molecule has 0 atom stereocenters. The van der Waals surface area contributed by atoms with Crippen molar-refractivity contribution in [2.75, 3.05) is 13.1 Å². The van der Waals surface area contributed by atoms with Crippen LogP contribution in [-0.4, -0.2) is 44.2 Å². The molecule has 6 heteroatoms. The standard InChI is InChI=1S/C29H30ClN3O2/c1-32-26-12-10-22(30)19-24(26)23(28(32)25-9-5-6-16-31-25)11-13-27(34)33-17-14-29(35,15-18-33)20-21-7-3-2-4-8-21/h2-10,12,16,19,35H,11,13-15,17-18,20H2,1H3. The van der Waals surface area contributed by atoms with Crippen molar-refractivity contribution in [2.45, 2.75) is 37.7 Å². The number of benzene rings is 2. The van der Waals surface area contributed by atoms with Crippen LogP contribution in [-0.2, 0) is 24.7 Å². The van der Waals surface area contributed by atoms with Gasteiger partial charge in [0.05, 0.1) is 17.0 Å². The highest BCUT2D eigenvalue weighted by Gasteiger charge is 2.34. The highest BCUT2D eigenvalue weighted by molar-refractivity contribution is 6.31. The summed E-state index contributed by atoms with van der Waals surface area (Å²) in [5, 5.41) is 12.8. The molecule has 35 heavy (non-hydrogen) atoms. The Morgan fingerprint density at radius 3 is 2.51 bits per heavy atom. The van der Waals surface area contributed by atoms with Gasteiger partial charge in [0, 0.05) is 55.1 Å². The van der Waals surface area contributed by atoms with Gasteiger partial charge in [0.1, 0.15) is 0 Å². The highest BCUT2D eigenvalue weighted by atomic mass is 35.5. The van der Waals surface area contributed by atoms with E-state index in [-0.39, 0.29) is 5.91 Å². The van der Waals surface area contributed by atoms with E-state index in [1.807, 2.05) is 78.7 Å². The van der Waals surface area contributed by atoms with Crippen LogP contribution in [0.2, 0.25) is 5.02 Å². The minimum atomic E-state index is -0.753. The fraction of sp³-hybridized carbons (Fsp3) is 0.310. The van der Waals surface area contributed by atoms with E-state index in [1.165, 1.54) is 0 Å². The summed E-state index contributed by atoms with van der Waals surface area (Å²) >= 11 is 6.34. The number of carbonyl (C=O) groups is 1.